The number of rotatable bonds is 7. The first-order valence-corrected chi connectivity index (χ1v) is 10.7. The van der Waals surface area contributed by atoms with Crippen LogP contribution in [0.5, 0.6) is 5.75 Å². The normalized spacial score (nSPS) is 15.8. The van der Waals surface area contributed by atoms with Gasteiger partial charge in [0.2, 0.25) is 5.91 Å². The highest BCUT2D eigenvalue weighted by atomic mass is 32.2. The number of amides is 1. The molecule has 8 heteroatoms. The standard InChI is InChI=1S/C21H24N4O3S/c1-14(2)20-23-24-21(25(20)12-15-6-5-10-27-15)29-13-19(26)22-17-9-11-28-18-8-4-3-7-16(17)18/h3-8,10,14,17H,9,11-13H2,1-2H3,(H,22,26). The highest BCUT2D eigenvalue weighted by molar-refractivity contribution is 7.99. The van der Waals surface area contributed by atoms with E-state index in [0.717, 1.165) is 29.3 Å². The minimum atomic E-state index is -0.0321. The van der Waals surface area contributed by atoms with E-state index >= 15 is 0 Å². The van der Waals surface area contributed by atoms with Crippen LogP contribution in [-0.2, 0) is 11.3 Å². The molecule has 1 aromatic carbocycles. The Morgan fingerprint density at radius 2 is 2.14 bits per heavy atom. The Morgan fingerprint density at radius 1 is 1.28 bits per heavy atom. The zero-order valence-corrected chi connectivity index (χ0v) is 17.3. The van der Waals surface area contributed by atoms with Gasteiger partial charge >= 0.3 is 0 Å². The molecule has 2 aromatic heterocycles. The van der Waals surface area contributed by atoms with Crippen LogP contribution in [0.1, 0.15) is 49.4 Å². The van der Waals surface area contributed by atoms with E-state index in [2.05, 4.69) is 29.4 Å². The zero-order chi connectivity index (χ0) is 20.2. The van der Waals surface area contributed by atoms with Crippen molar-refractivity contribution in [3.8, 4) is 5.75 Å². The van der Waals surface area contributed by atoms with Crippen LogP contribution in [0.3, 0.4) is 0 Å². The number of furan rings is 1. The van der Waals surface area contributed by atoms with Crippen LogP contribution >= 0.6 is 11.8 Å². The molecule has 0 bridgehead atoms. The number of thioether (sulfide) groups is 1. The lowest BCUT2D eigenvalue weighted by molar-refractivity contribution is -0.119. The van der Waals surface area contributed by atoms with Crippen molar-refractivity contribution in [3.05, 3.63) is 59.8 Å². The van der Waals surface area contributed by atoms with E-state index in [1.807, 2.05) is 41.0 Å². The SMILES string of the molecule is CC(C)c1nnc(SCC(=O)NC2CCOc3ccccc32)n1Cc1ccco1. The second-order valence-electron chi connectivity index (χ2n) is 7.24. The minimum absolute atomic E-state index is 0.0275. The molecule has 3 aromatic rings. The molecule has 0 saturated heterocycles. The fraction of sp³-hybridized carbons (Fsp3) is 0.381. The summed E-state index contributed by atoms with van der Waals surface area (Å²) in [5.41, 5.74) is 1.03. The van der Waals surface area contributed by atoms with E-state index in [1.54, 1.807) is 6.26 Å². The Morgan fingerprint density at radius 3 is 2.93 bits per heavy atom. The average Bonchev–Trinajstić information content (AvgIpc) is 3.37. The van der Waals surface area contributed by atoms with Gasteiger partial charge in [0.15, 0.2) is 5.16 Å². The number of benzene rings is 1. The van der Waals surface area contributed by atoms with Crippen LogP contribution in [0.2, 0.25) is 0 Å². The maximum atomic E-state index is 12.6. The van der Waals surface area contributed by atoms with Gasteiger partial charge < -0.3 is 14.5 Å². The predicted molar refractivity (Wildman–Crippen MR) is 110 cm³/mol. The van der Waals surface area contributed by atoms with Crippen molar-refractivity contribution in [2.24, 2.45) is 0 Å². The van der Waals surface area contributed by atoms with Gasteiger partial charge in [0.05, 0.1) is 31.2 Å². The summed E-state index contributed by atoms with van der Waals surface area (Å²) in [6.45, 7) is 5.30. The van der Waals surface area contributed by atoms with Crippen LogP contribution in [0.15, 0.2) is 52.2 Å². The van der Waals surface area contributed by atoms with E-state index in [9.17, 15) is 4.79 Å². The number of carbonyl (C=O) groups is 1. The van der Waals surface area contributed by atoms with Crippen molar-refractivity contribution in [3.63, 3.8) is 0 Å². The van der Waals surface area contributed by atoms with Gasteiger partial charge in [0, 0.05) is 17.9 Å². The summed E-state index contributed by atoms with van der Waals surface area (Å²) >= 11 is 1.39. The van der Waals surface area contributed by atoms with Crippen LogP contribution in [0.4, 0.5) is 0 Å². The summed E-state index contributed by atoms with van der Waals surface area (Å²) in [5.74, 6) is 3.01. The van der Waals surface area contributed by atoms with Crippen molar-refractivity contribution in [2.45, 2.75) is 43.9 Å². The lowest BCUT2D eigenvalue weighted by Gasteiger charge is -2.26. The quantitative estimate of drug-likeness (QED) is 0.595. The first-order chi connectivity index (χ1) is 14.1. The van der Waals surface area contributed by atoms with E-state index in [4.69, 9.17) is 9.15 Å². The molecular formula is C21H24N4O3S. The van der Waals surface area contributed by atoms with Crippen LogP contribution in [0, 0.1) is 0 Å². The molecule has 0 radical (unpaired) electrons. The molecule has 1 aliphatic heterocycles. The number of para-hydroxylation sites is 1. The van der Waals surface area contributed by atoms with Crippen molar-refractivity contribution in [2.75, 3.05) is 12.4 Å². The summed E-state index contributed by atoms with van der Waals surface area (Å²) in [7, 11) is 0. The number of hydrogen-bond donors (Lipinski definition) is 1. The average molecular weight is 413 g/mol. The Hall–Kier alpha value is -2.74. The predicted octanol–water partition coefficient (Wildman–Crippen LogP) is 3.77. The molecular weight excluding hydrogens is 388 g/mol. The molecule has 152 valence electrons. The minimum Gasteiger partial charge on any atom is -0.493 e. The van der Waals surface area contributed by atoms with Crippen molar-refractivity contribution < 1.29 is 13.9 Å². The molecule has 0 fully saturated rings. The number of aromatic nitrogens is 3. The lowest BCUT2D eigenvalue weighted by atomic mass is 10.0. The van der Waals surface area contributed by atoms with Crippen molar-refractivity contribution in [1.82, 2.24) is 20.1 Å². The number of nitrogens with one attached hydrogen (secondary N) is 1. The Bertz CT molecular complexity index is 968. The molecule has 0 saturated carbocycles. The van der Waals surface area contributed by atoms with Gasteiger partial charge in [0.1, 0.15) is 17.3 Å². The maximum Gasteiger partial charge on any atom is 0.230 e. The smallest absolute Gasteiger partial charge is 0.230 e. The Balaban J connectivity index is 1.42. The molecule has 29 heavy (non-hydrogen) atoms. The molecule has 1 unspecified atom stereocenters. The molecule has 0 aliphatic carbocycles. The fourth-order valence-electron chi connectivity index (χ4n) is 3.40. The summed E-state index contributed by atoms with van der Waals surface area (Å²) < 4.78 is 13.2. The molecule has 1 aliphatic rings. The summed E-state index contributed by atoms with van der Waals surface area (Å²) in [6, 6.07) is 11.6. The Kier molecular flexibility index (Phi) is 5.89. The van der Waals surface area contributed by atoms with Gasteiger partial charge in [-0.05, 0) is 18.2 Å². The maximum absolute atomic E-state index is 12.6. The molecule has 4 rings (SSSR count). The molecule has 1 N–H and O–H groups in total. The third kappa shape index (κ3) is 4.48. The fourth-order valence-corrected chi connectivity index (χ4v) is 4.16. The summed E-state index contributed by atoms with van der Waals surface area (Å²) in [6.07, 6.45) is 2.42. The first-order valence-electron chi connectivity index (χ1n) is 9.71. The van der Waals surface area contributed by atoms with Gasteiger partial charge in [-0.3, -0.25) is 9.36 Å². The van der Waals surface area contributed by atoms with Crippen molar-refractivity contribution in [1.29, 1.82) is 0 Å². The summed E-state index contributed by atoms with van der Waals surface area (Å²) in [5, 5.41) is 12.5. The Labute approximate surface area is 173 Å². The van der Waals surface area contributed by atoms with E-state index < -0.39 is 0 Å². The third-order valence-electron chi connectivity index (χ3n) is 4.78. The number of fused-ring (bicyclic) bond motifs is 1. The first kappa shape index (κ1) is 19.6. The molecule has 0 spiro atoms. The largest absolute Gasteiger partial charge is 0.493 e. The summed E-state index contributed by atoms with van der Waals surface area (Å²) in [4.78, 5) is 12.6. The zero-order valence-electron chi connectivity index (χ0n) is 16.5. The highest BCUT2D eigenvalue weighted by Crippen LogP contribution is 2.31. The van der Waals surface area contributed by atoms with Gasteiger partial charge in [-0.2, -0.15) is 0 Å². The van der Waals surface area contributed by atoms with E-state index in [1.165, 1.54) is 11.8 Å². The van der Waals surface area contributed by atoms with E-state index in [0.29, 0.717) is 18.3 Å². The van der Waals surface area contributed by atoms with Gasteiger partial charge in [0.25, 0.3) is 0 Å². The number of hydrogen-bond acceptors (Lipinski definition) is 6. The topological polar surface area (TPSA) is 82.2 Å². The van der Waals surface area contributed by atoms with Gasteiger partial charge in [-0.1, -0.05) is 43.8 Å². The van der Waals surface area contributed by atoms with Gasteiger partial charge in [-0.15, -0.1) is 10.2 Å². The number of carbonyl (C=O) groups excluding carboxylic acids is 1. The second-order valence-corrected chi connectivity index (χ2v) is 8.19. The molecule has 1 atom stereocenters. The number of nitrogens with zero attached hydrogens (tertiary/aromatic N) is 3. The third-order valence-corrected chi connectivity index (χ3v) is 5.75. The molecule has 7 nitrogen and oxygen atoms in total. The molecule has 1 amide bonds. The second kappa shape index (κ2) is 8.73. The monoisotopic (exact) mass is 412 g/mol. The highest BCUT2D eigenvalue weighted by Gasteiger charge is 2.23. The molecule has 3 heterocycles. The van der Waals surface area contributed by atoms with E-state index in [-0.39, 0.29) is 23.6 Å². The van der Waals surface area contributed by atoms with Crippen molar-refractivity contribution >= 4 is 17.7 Å². The van der Waals surface area contributed by atoms with Gasteiger partial charge in [-0.25, -0.2) is 0 Å². The van der Waals surface area contributed by atoms with Crippen LogP contribution in [-0.4, -0.2) is 33.0 Å². The lowest BCUT2D eigenvalue weighted by Crippen LogP contribution is -2.33. The van der Waals surface area contributed by atoms with Crippen LogP contribution in [0.25, 0.3) is 0 Å². The van der Waals surface area contributed by atoms with Crippen LogP contribution < -0.4 is 10.1 Å². The number of ether oxygens (including phenoxy) is 1.